The second-order valence-electron chi connectivity index (χ2n) is 8.47. The lowest BCUT2D eigenvalue weighted by Crippen LogP contribution is -2.33. The van der Waals surface area contributed by atoms with Crippen LogP contribution in [-0.2, 0) is 12.8 Å². The van der Waals surface area contributed by atoms with Gasteiger partial charge < -0.3 is 18.9 Å². The van der Waals surface area contributed by atoms with Crippen LogP contribution in [0, 0.1) is 0 Å². The number of benzene rings is 3. The van der Waals surface area contributed by atoms with Gasteiger partial charge >= 0.3 is 0 Å². The van der Waals surface area contributed by atoms with E-state index in [1.54, 1.807) is 14.2 Å². The van der Waals surface area contributed by atoms with E-state index in [2.05, 4.69) is 54.4 Å². The van der Waals surface area contributed by atoms with Crippen molar-refractivity contribution in [2.75, 3.05) is 34.6 Å². The van der Waals surface area contributed by atoms with E-state index in [0.29, 0.717) is 6.79 Å². The molecule has 5 rings (SSSR count). The molecule has 2 aliphatic rings. The minimum absolute atomic E-state index is 0.227. The standard InChI is InChI=1S/C28H29NO4/c1-29-14-13-21-16-26-27(33-18-32-26)17-23(21)24(29)15-20-10-12-25(30-2)28(31-3)22(20)11-9-19-7-5-4-6-8-19/h4-12,16-17,24H,13-15,18H2,1-3H3/b11-9-. The van der Waals surface area contributed by atoms with Crippen LogP contribution in [0.3, 0.4) is 0 Å². The molecule has 170 valence electrons. The molecule has 3 aromatic carbocycles. The molecular weight excluding hydrogens is 414 g/mol. The van der Waals surface area contributed by atoms with Gasteiger partial charge in [0, 0.05) is 18.2 Å². The third kappa shape index (κ3) is 4.16. The molecule has 0 aromatic heterocycles. The fourth-order valence-corrected chi connectivity index (χ4v) is 4.79. The van der Waals surface area contributed by atoms with Gasteiger partial charge in [-0.1, -0.05) is 48.6 Å². The van der Waals surface area contributed by atoms with Crippen LogP contribution >= 0.6 is 0 Å². The van der Waals surface area contributed by atoms with Crippen molar-refractivity contribution in [2.24, 2.45) is 0 Å². The van der Waals surface area contributed by atoms with Gasteiger partial charge in [0.2, 0.25) is 6.79 Å². The highest BCUT2D eigenvalue weighted by molar-refractivity contribution is 5.76. The maximum atomic E-state index is 5.82. The zero-order chi connectivity index (χ0) is 22.8. The van der Waals surface area contributed by atoms with Crippen LogP contribution in [0.5, 0.6) is 23.0 Å². The second kappa shape index (κ2) is 9.20. The van der Waals surface area contributed by atoms with Crippen molar-refractivity contribution >= 4 is 12.2 Å². The van der Waals surface area contributed by atoms with Gasteiger partial charge in [0.25, 0.3) is 0 Å². The molecule has 0 saturated carbocycles. The van der Waals surface area contributed by atoms with E-state index in [4.69, 9.17) is 18.9 Å². The van der Waals surface area contributed by atoms with Crippen molar-refractivity contribution in [1.29, 1.82) is 0 Å². The number of likely N-dealkylation sites (N-methyl/N-ethyl adjacent to an activating group) is 1. The molecule has 0 saturated heterocycles. The Morgan fingerprint density at radius 2 is 1.76 bits per heavy atom. The Labute approximate surface area is 195 Å². The summed E-state index contributed by atoms with van der Waals surface area (Å²) in [6.07, 6.45) is 6.11. The second-order valence-corrected chi connectivity index (χ2v) is 8.47. The van der Waals surface area contributed by atoms with Crippen molar-refractivity contribution in [2.45, 2.75) is 18.9 Å². The quantitative estimate of drug-likeness (QED) is 0.479. The van der Waals surface area contributed by atoms with Gasteiger partial charge in [-0.15, -0.1) is 0 Å². The van der Waals surface area contributed by atoms with Crippen LogP contribution in [0.15, 0.2) is 54.6 Å². The van der Waals surface area contributed by atoms with Crippen LogP contribution in [0.4, 0.5) is 0 Å². The van der Waals surface area contributed by atoms with E-state index in [1.165, 1.54) is 16.7 Å². The van der Waals surface area contributed by atoms with Crippen molar-refractivity contribution in [1.82, 2.24) is 4.90 Å². The minimum atomic E-state index is 0.227. The Morgan fingerprint density at radius 3 is 2.52 bits per heavy atom. The van der Waals surface area contributed by atoms with Crippen molar-refractivity contribution in [3.63, 3.8) is 0 Å². The van der Waals surface area contributed by atoms with E-state index in [1.807, 2.05) is 24.3 Å². The number of ether oxygens (including phenoxy) is 4. The van der Waals surface area contributed by atoms with Crippen molar-refractivity contribution < 1.29 is 18.9 Å². The first-order valence-corrected chi connectivity index (χ1v) is 11.3. The number of rotatable bonds is 6. The summed E-state index contributed by atoms with van der Waals surface area (Å²) in [5, 5.41) is 0. The average molecular weight is 444 g/mol. The van der Waals surface area contributed by atoms with Crippen LogP contribution in [-0.4, -0.2) is 39.5 Å². The highest BCUT2D eigenvalue weighted by Gasteiger charge is 2.29. The van der Waals surface area contributed by atoms with E-state index in [9.17, 15) is 0 Å². The highest BCUT2D eigenvalue weighted by Crippen LogP contribution is 2.43. The predicted octanol–water partition coefficient (Wildman–Crippen LogP) is 5.37. The SMILES string of the molecule is COc1ccc(CC2c3cc4c(cc3CCN2C)OCO4)c(/C=C\c2ccccc2)c1OC. The molecule has 0 aliphatic carbocycles. The van der Waals surface area contributed by atoms with Crippen LogP contribution in [0.2, 0.25) is 0 Å². The Kier molecular flexibility index (Phi) is 5.97. The maximum absolute atomic E-state index is 5.82. The first-order chi connectivity index (χ1) is 16.2. The molecule has 33 heavy (non-hydrogen) atoms. The summed E-state index contributed by atoms with van der Waals surface area (Å²) in [7, 11) is 5.57. The minimum Gasteiger partial charge on any atom is -0.493 e. The summed E-state index contributed by atoms with van der Waals surface area (Å²) in [6, 6.07) is 19.0. The molecule has 0 bridgehead atoms. The maximum Gasteiger partial charge on any atom is 0.231 e. The molecule has 3 aromatic rings. The monoisotopic (exact) mass is 443 g/mol. The van der Waals surface area contributed by atoms with Gasteiger partial charge in [-0.25, -0.2) is 0 Å². The number of hydrogen-bond donors (Lipinski definition) is 0. The van der Waals surface area contributed by atoms with Crippen molar-refractivity contribution in [3.8, 4) is 23.0 Å². The lowest BCUT2D eigenvalue weighted by Gasteiger charge is -2.35. The molecule has 0 radical (unpaired) electrons. The Morgan fingerprint density at radius 1 is 0.970 bits per heavy atom. The summed E-state index contributed by atoms with van der Waals surface area (Å²) >= 11 is 0. The number of hydrogen-bond acceptors (Lipinski definition) is 5. The molecule has 2 heterocycles. The fraction of sp³-hybridized carbons (Fsp3) is 0.286. The summed E-state index contributed by atoms with van der Waals surface area (Å²) < 4.78 is 22.7. The summed E-state index contributed by atoms with van der Waals surface area (Å²) in [6.45, 7) is 1.29. The molecule has 0 fully saturated rings. The summed E-state index contributed by atoms with van der Waals surface area (Å²) in [5.74, 6) is 3.18. The molecule has 1 unspecified atom stereocenters. The van der Waals surface area contributed by atoms with E-state index >= 15 is 0 Å². The molecule has 5 heteroatoms. The average Bonchev–Trinajstić information content (AvgIpc) is 3.31. The zero-order valence-electron chi connectivity index (χ0n) is 19.3. The van der Waals surface area contributed by atoms with Crippen LogP contribution in [0.25, 0.3) is 12.2 Å². The Balaban J connectivity index is 1.55. The van der Waals surface area contributed by atoms with Gasteiger partial charge in [0.05, 0.1) is 14.2 Å². The van der Waals surface area contributed by atoms with Gasteiger partial charge in [-0.05, 0) is 60.3 Å². The summed E-state index contributed by atoms with van der Waals surface area (Å²) in [4.78, 5) is 2.42. The van der Waals surface area contributed by atoms with Crippen molar-refractivity contribution in [3.05, 3.63) is 82.4 Å². The lowest BCUT2D eigenvalue weighted by molar-refractivity contribution is 0.174. The predicted molar refractivity (Wildman–Crippen MR) is 130 cm³/mol. The smallest absolute Gasteiger partial charge is 0.231 e. The van der Waals surface area contributed by atoms with Crippen LogP contribution in [0.1, 0.15) is 33.9 Å². The molecule has 2 aliphatic heterocycles. The molecule has 0 amide bonds. The molecular formula is C28H29NO4. The number of fused-ring (bicyclic) bond motifs is 2. The highest BCUT2D eigenvalue weighted by atomic mass is 16.7. The van der Waals surface area contributed by atoms with Gasteiger partial charge in [-0.2, -0.15) is 0 Å². The van der Waals surface area contributed by atoms with Gasteiger partial charge in [0.15, 0.2) is 23.0 Å². The topological polar surface area (TPSA) is 40.2 Å². The van der Waals surface area contributed by atoms with E-state index in [-0.39, 0.29) is 6.04 Å². The number of methoxy groups -OCH3 is 2. The molecule has 0 N–H and O–H groups in total. The summed E-state index contributed by atoms with van der Waals surface area (Å²) in [5.41, 5.74) is 6.04. The number of nitrogens with zero attached hydrogens (tertiary/aromatic N) is 1. The normalized spacial score (nSPS) is 17.2. The Hall–Kier alpha value is -3.44. The van der Waals surface area contributed by atoms with Gasteiger partial charge in [0.1, 0.15) is 0 Å². The Bertz CT molecular complexity index is 1170. The molecule has 5 nitrogen and oxygen atoms in total. The van der Waals surface area contributed by atoms with E-state index < -0.39 is 0 Å². The molecule has 0 spiro atoms. The molecule has 1 atom stereocenters. The van der Waals surface area contributed by atoms with E-state index in [0.717, 1.165) is 53.5 Å². The van der Waals surface area contributed by atoms with Gasteiger partial charge in [-0.3, -0.25) is 4.90 Å². The largest absolute Gasteiger partial charge is 0.493 e. The lowest BCUT2D eigenvalue weighted by atomic mass is 9.87. The zero-order valence-corrected chi connectivity index (χ0v) is 19.3. The first kappa shape index (κ1) is 21.4. The van der Waals surface area contributed by atoms with Crippen LogP contribution < -0.4 is 18.9 Å². The fourth-order valence-electron chi connectivity index (χ4n) is 4.79. The first-order valence-electron chi connectivity index (χ1n) is 11.3. The third-order valence-electron chi connectivity index (χ3n) is 6.59. The third-order valence-corrected chi connectivity index (χ3v) is 6.59.